The molecule has 2 aromatic rings. The molecule has 1 heterocycles. The van der Waals surface area contributed by atoms with Gasteiger partial charge in [-0.1, -0.05) is 25.3 Å². The lowest BCUT2D eigenvalue weighted by atomic mass is 10.2. The van der Waals surface area contributed by atoms with Gasteiger partial charge in [0.05, 0.1) is 6.20 Å². The van der Waals surface area contributed by atoms with Crippen molar-refractivity contribution in [3.05, 3.63) is 61.7 Å². The van der Waals surface area contributed by atoms with E-state index in [1.54, 1.807) is 30.3 Å². The van der Waals surface area contributed by atoms with Crippen molar-refractivity contribution < 1.29 is 13.9 Å². The molecule has 0 aliphatic carbocycles. The molecular weight excluding hydrogens is 271 g/mol. The summed E-state index contributed by atoms with van der Waals surface area (Å²) in [5, 5.41) is 0. The summed E-state index contributed by atoms with van der Waals surface area (Å²) in [6.45, 7) is 7.70. The van der Waals surface area contributed by atoms with Gasteiger partial charge in [0, 0.05) is 5.56 Å². The second-order valence-corrected chi connectivity index (χ2v) is 4.07. The molecular formula is C16H15FN2O2. The molecule has 1 aromatic carbocycles. The van der Waals surface area contributed by atoms with Gasteiger partial charge in [0.1, 0.15) is 19.0 Å². The Labute approximate surface area is 122 Å². The van der Waals surface area contributed by atoms with E-state index in [0.717, 1.165) is 0 Å². The highest BCUT2D eigenvalue weighted by molar-refractivity contribution is 5.56. The Bertz CT molecular complexity index is 627. The lowest BCUT2D eigenvalue weighted by molar-refractivity contribution is 0.333. The van der Waals surface area contributed by atoms with E-state index in [-0.39, 0.29) is 18.2 Å². The molecule has 0 aliphatic rings. The highest BCUT2D eigenvalue weighted by atomic mass is 19.1. The van der Waals surface area contributed by atoms with E-state index in [1.807, 2.05) is 0 Å². The summed E-state index contributed by atoms with van der Waals surface area (Å²) in [7, 11) is 0. The monoisotopic (exact) mass is 286 g/mol. The molecule has 5 heteroatoms. The van der Waals surface area contributed by atoms with Crippen LogP contribution in [0.15, 0.2) is 55.8 Å². The van der Waals surface area contributed by atoms with E-state index < -0.39 is 5.95 Å². The number of aromatic nitrogens is 2. The molecule has 0 aliphatic heterocycles. The Balaban J connectivity index is 2.15. The Morgan fingerprint density at radius 1 is 1.05 bits per heavy atom. The third kappa shape index (κ3) is 3.89. The second kappa shape index (κ2) is 7.19. The quantitative estimate of drug-likeness (QED) is 0.578. The number of ether oxygens (including phenoxy) is 2. The van der Waals surface area contributed by atoms with E-state index in [4.69, 9.17) is 9.47 Å². The standard InChI is InChI=1S/C16H15FN2O2/c1-3-9-20-13-7-5-12(6-8-13)16-18-11-14(15(17)19-16)21-10-4-2/h3-8,11H,1-2,9-10H2. The first kappa shape index (κ1) is 14.7. The molecule has 0 unspecified atom stereocenters. The van der Waals surface area contributed by atoms with Gasteiger partial charge in [-0.25, -0.2) is 4.98 Å². The van der Waals surface area contributed by atoms with Crippen LogP contribution in [0.2, 0.25) is 0 Å². The number of hydrogen-bond acceptors (Lipinski definition) is 4. The minimum absolute atomic E-state index is 0.00425. The molecule has 0 spiro atoms. The number of benzene rings is 1. The van der Waals surface area contributed by atoms with Gasteiger partial charge in [0.25, 0.3) is 5.95 Å². The number of halogens is 1. The van der Waals surface area contributed by atoms with Crippen LogP contribution in [0.3, 0.4) is 0 Å². The van der Waals surface area contributed by atoms with Crippen LogP contribution in [0, 0.1) is 5.95 Å². The fraction of sp³-hybridized carbons (Fsp3) is 0.125. The zero-order valence-electron chi connectivity index (χ0n) is 11.5. The van der Waals surface area contributed by atoms with E-state index in [1.165, 1.54) is 12.3 Å². The zero-order valence-corrected chi connectivity index (χ0v) is 11.5. The maximum atomic E-state index is 13.8. The Morgan fingerprint density at radius 2 is 1.71 bits per heavy atom. The van der Waals surface area contributed by atoms with E-state index in [2.05, 4.69) is 23.1 Å². The largest absolute Gasteiger partial charge is 0.490 e. The van der Waals surface area contributed by atoms with Crippen molar-refractivity contribution in [2.75, 3.05) is 13.2 Å². The van der Waals surface area contributed by atoms with Crippen LogP contribution in [0.25, 0.3) is 11.4 Å². The van der Waals surface area contributed by atoms with E-state index >= 15 is 0 Å². The van der Waals surface area contributed by atoms with Crippen LogP contribution >= 0.6 is 0 Å². The maximum absolute atomic E-state index is 13.8. The van der Waals surface area contributed by atoms with Crippen molar-refractivity contribution in [3.8, 4) is 22.9 Å². The molecule has 4 nitrogen and oxygen atoms in total. The third-order valence-electron chi connectivity index (χ3n) is 2.55. The molecule has 0 atom stereocenters. The Hall–Kier alpha value is -2.69. The molecule has 0 N–H and O–H groups in total. The fourth-order valence-corrected chi connectivity index (χ4v) is 1.59. The smallest absolute Gasteiger partial charge is 0.258 e. The second-order valence-electron chi connectivity index (χ2n) is 4.07. The van der Waals surface area contributed by atoms with Crippen molar-refractivity contribution in [1.29, 1.82) is 0 Å². The van der Waals surface area contributed by atoms with Crippen molar-refractivity contribution in [1.82, 2.24) is 9.97 Å². The van der Waals surface area contributed by atoms with Crippen LogP contribution in [0.5, 0.6) is 11.5 Å². The van der Waals surface area contributed by atoms with Crippen molar-refractivity contribution in [2.45, 2.75) is 0 Å². The van der Waals surface area contributed by atoms with Gasteiger partial charge >= 0.3 is 0 Å². The molecule has 0 radical (unpaired) electrons. The summed E-state index contributed by atoms with van der Waals surface area (Å²) in [5.74, 6) is 0.289. The molecule has 1 aromatic heterocycles. The fourth-order valence-electron chi connectivity index (χ4n) is 1.59. The number of rotatable bonds is 7. The SMILES string of the molecule is C=CCOc1ccc(-c2ncc(OCC=C)c(F)n2)cc1. The Morgan fingerprint density at radius 3 is 2.33 bits per heavy atom. The molecule has 108 valence electrons. The average molecular weight is 286 g/mol. The summed E-state index contributed by atoms with van der Waals surface area (Å²) < 4.78 is 24.2. The van der Waals surface area contributed by atoms with Gasteiger partial charge in [-0.05, 0) is 24.3 Å². The molecule has 0 bridgehead atoms. The Kier molecular flexibility index (Phi) is 5.04. The highest BCUT2D eigenvalue weighted by Gasteiger charge is 2.09. The predicted molar refractivity (Wildman–Crippen MR) is 78.8 cm³/mol. The molecule has 0 saturated carbocycles. The van der Waals surface area contributed by atoms with Gasteiger partial charge in [0.2, 0.25) is 0 Å². The third-order valence-corrected chi connectivity index (χ3v) is 2.55. The van der Waals surface area contributed by atoms with Crippen molar-refractivity contribution >= 4 is 0 Å². The highest BCUT2D eigenvalue weighted by Crippen LogP contribution is 2.22. The van der Waals surface area contributed by atoms with Gasteiger partial charge < -0.3 is 9.47 Å². The van der Waals surface area contributed by atoms with E-state index in [9.17, 15) is 4.39 Å². The summed E-state index contributed by atoms with van der Waals surface area (Å²) >= 11 is 0. The summed E-state index contributed by atoms with van der Waals surface area (Å²) in [5.41, 5.74) is 0.690. The van der Waals surface area contributed by atoms with Crippen LogP contribution in [0.4, 0.5) is 4.39 Å². The normalized spacial score (nSPS) is 9.95. The van der Waals surface area contributed by atoms with Gasteiger partial charge in [-0.2, -0.15) is 9.37 Å². The zero-order chi connectivity index (χ0) is 15.1. The van der Waals surface area contributed by atoms with Crippen LogP contribution < -0.4 is 9.47 Å². The summed E-state index contributed by atoms with van der Waals surface area (Å²) in [6, 6.07) is 7.05. The van der Waals surface area contributed by atoms with Gasteiger partial charge in [-0.15, -0.1) is 0 Å². The minimum atomic E-state index is -0.700. The number of nitrogens with zero attached hydrogens (tertiary/aromatic N) is 2. The van der Waals surface area contributed by atoms with Crippen LogP contribution in [-0.2, 0) is 0 Å². The molecule has 0 fully saturated rings. The van der Waals surface area contributed by atoms with Crippen molar-refractivity contribution in [3.63, 3.8) is 0 Å². The minimum Gasteiger partial charge on any atom is -0.490 e. The van der Waals surface area contributed by atoms with Crippen molar-refractivity contribution in [2.24, 2.45) is 0 Å². The van der Waals surface area contributed by atoms with E-state index in [0.29, 0.717) is 17.9 Å². The molecule has 2 rings (SSSR count). The lowest BCUT2D eigenvalue weighted by Gasteiger charge is -2.06. The van der Waals surface area contributed by atoms with Crippen LogP contribution in [0.1, 0.15) is 0 Å². The van der Waals surface area contributed by atoms with Crippen LogP contribution in [-0.4, -0.2) is 23.2 Å². The lowest BCUT2D eigenvalue weighted by Crippen LogP contribution is -2.00. The average Bonchev–Trinajstić information content (AvgIpc) is 2.52. The predicted octanol–water partition coefficient (Wildman–Crippen LogP) is 3.41. The van der Waals surface area contributed by atoms with Gasteiger partial charge in [0.15, 0.2) is 11.6 Å². The first-order valence-electron chi connectivity index (χ1n) is 6.35. The molecule has 0 amide bonds. The molecule has 21 heavy (non-hydrogen) atoms. The first-order chi connectivity index (χ1) is 10.2. The van der Waals surface area contributed by atoms with Gasteiger partial charge in [-0.3, -0.25) is 0 Å². The number of hydrogen-bond donors (Lipinski definition) is 0. The summed E-state index contributed by atoms with van der Waals surface area (Å²) in [4.78, 5) is 7.88. The topological polar surface area (TPSA) is 44.2 Å². The summed E-state index contributed by atoms with van der Waals surface area (Å²) in [6.07, 6.45) is 4.49. The first-order valence-corrected chi connectivity index (χ1v) is 6.35. The molecule has 0 saturated heterocycles. The maximum Gasteiger partial charge on any atom is 0.258 e.